The van der Waals surface area contributed by atoms with Crippen LogP contribution in [0.2, 0.25) is 5.02 Å². The number of halogens is 1. The van der Waals surface area contributed by atoms with E-state index in [0.717, 1.165) is 11.1 Å². The summed E-state index contributed by atoms with van der Waals surface area (Å²) in [6.45, 7) is -0.389. The van der Waals surface area contributed by atoms with Crippen LogP contribution >= 0.6 is 11.6 Å². The Morgan fingerprint density at radius 1 is 0.846 bits per heavy atom. The largest absolute Gasteiger partial charge is 0.482 e. The van der Waals surface area contributed by atoms with Crippen molar-refractivity contribution in [1.82, 2.24) is 0 Å². The average molecular weight is 379 g/mol. The van der Waals surface area contributed by atoms with Crippen molar-refractivity contribution in [3.8, 4) is 11.5 Å². The van der Waals surface area contributed by atoms with E-state index in [2.05, 4.69) is 9.47 Å². The lowest BCUT2D eigenvalue weighted by Gasteiger charge is -2.14. The number of carbonyl (C=O) groups is 2. The minimum absolute atomic E-state index is 0.186. The maximum Gasteiger partial charge on any atom is 0.343 e. The zero-order chi connectivity index (χ0) is 18.9. The van der Waals surface area contributed by atoms with Gasteiger partial charge in [-0.15, -0.1) is 0 Å². The average Bonchev–Trinajstić information content (AvgIpc) is 2.66. The molecule has 0 saturated heterocycles. The van der Waals surface area contributed by atoms with Gasteiger partial charge in [0, 0.05) is 17.0 Å². The summed E-state index contributed by atoms with van der Waals surface area (Å²) in [5.41, 5.74) is 1.61. The number of esters is 2. The normalized spacial score (nSPS) is 10.1. The number of hydrogen-bond acceptors (Lipinski definition) is 6. The van der Waals surface area contributed by atoms with Gasteiger partial charge in [0.15, 0.2) is 13.2 Å². The predicted molar refractivity (Wildman–Crippen MR) is 95.7 cm³/mol. The van der Waals surface area contributed by atoms with Crippen LogP contribution in [0.4, 0.5) is 0 Å². The molecule has 7 heteroatoms. The van der Waals surface area contributed by atoms with E-state index in [1.807, 2.05) is 18.2 Å². The summed E-state index contributed by atoms with van der Waals surface area (Å²) in [6.07, 6.45) is 0.439. The number of hydrogen-bond donors (Lipinski definition) is 0. The molecule has 0 atom stereocenters. The van der Waals surface area contributed by atoms with Gasteiger partial charge in [0.25, 0.3) is 0 Å². The first-order valence-electron chi connectivity index (χ1n) is 7.79. The van der Waals surface area contributed by atoms with Crippen molar-refractivity contribution >= 4 is 23.5 Å². The molecule has 138 valence electrons. The third-order valence-corrected chi connectivity index (χ3v) is 3.76. The van der Waals surface area contributed by atoms with Crippen LogP contribution in [-0.2, 0) is 25.5 Å². The highest BCUT2D eigenvalue weighted by Gasteiger charge is 2.12. The first-order valence-corrected chi connectivity index (χ1v) is 8.17. The second-order valence-electron chi connectivity index (χ2n) is 5.27. The van der Waals surface area contributed by atoms with Crippen molar-refractivity contribution in [2.45, 2.75) is 6.42 Å². The second kappa shape index (κ2) is 9.68. The van der Waals surface area contributed by atoms with Gasteiger partial charge in [-0.1, -0.05) is 29.8 Å². The van der Waals surface area contributed by atoms with E-state index in [4.69, 9.17) is 21.1 Å². The Hall–Kier alpha value is -2.73. The number of carbonyl (C=O) groups excluding carboxylic acids is 2. The molecule has 0 N–H and O–H groups in total. The number of para-hydroxylation sites is 1. The van der Waals surface area contributed by atoms with Crippen LogP contribution < -0.4 is 9.47 Å². The lowest BCUT2D eigenvalue weighted by molar-refractivity contribution is -0.143. The molecule has 0 heterocycles. The molecular weight excluding hydrogens is 360 g/mol. The maximum absolute atomic E-state index is 11.3. The van der Waals surface area contributed by atoms with E-state index in [1.54, 1.807) is 24.3 Å². The highest BCUT2D eigenvalue weighted by molar-refractivity contribution is 6.30. The van der Waals surface area contributed by atoms with Crippen molar-refractivity contribution in [1.29, 1.82) is 0 Å². The van der Waals surface area contributed by atoms with Gasteiger partial charge in [0.1, 0.15) is 11.5 Å². The van der Waals surface area contributed by atoms with Gasteiger partial charge >= 0.3 is 11.9 Å². The van der Waals surface area contributed by atoms with Gasteiger partial charge in [-0.3, -0.25) is 0 Å². The van der Waals surface area contributed by atoms with E-state index in [9.17, 15) is 9.59 Å². The number of ether oxygens (including phenoxy) is 4. The topological polar surface area (TPSA) is 71.1 Å². The molecular formula is C19H19ClO6. The quantitative estimate of drug-likeness (QED) is 0.657. The summed E-state index contributed by atoms with van der Waals surface area (Å²) in [6, 6.07) is 12.4. The molecule has 0 spiro atoms. The van der Waals surface area contributed by atoms with E-state index in [-0.39, 0.29) is 13.2 Å². The summed E-state index contributed by atoms with van der Waals surface area (Å²) in [5.74, 6) is 0.122. The van der Waals surface area contributed by atoms with E-state index in [1.165, 1.54) is 14.2 Å². The van der Waals surface area contributed by atoms with Crippen molar-refractivity contribution in [3.05, 3.63) is 58.6 Å². The Bertz CT molecular complexity index is 774. The van der Waals surface area contributed by atoms with Crippen LogP contribution in [0.5, 0.6) is 11.5 Å². The highest BCUT2D eigenvalue weighted by atomic mass is 35.5. The third-order valence-electron chi connectivity index (χ3n) is 3.52. The summed E-state index contributed by atoms with van der Waals surface area (Å²) < 4.78 is 20.2. The standard InChI is InChI=1S/C19H19ClO6/c1-23-18(21)11-25-16-6-4-3-5-13(16)9-14-10-15(20)7-8-17(14)26-12-19(22)24-2/h3-8,10H,9,11-12H2,1-2H3. The first-order chi connectivity index (χ1) is 12.5. The summed E-state index contributed by atoms with van der Waals surface area (Å²) >= 11 is 6.09. The predicted octanol–water partition coefficient (Wildman–Crippen LogP) is 3.03. The Kier molecular flexibility index (Phi) is 7.29. The van der Waals surface area contributed by atoms with E-state index < -0.39 is 11.9 Å². The van der Waals surface area contributed by atoms with E-state index >= 15 is 0 Å². The van der Waals surface area contributed by atoms with Gasteiger partial charge in [-0.2, -0.15) is 0 Å². The molecule has 0 fully saturated rings. The van der Waals surface area contributed by atoms with Crippen LogP contribution in [0.15, 0.2) is 42.5 Å². The van der Waals surface area contributed by atoms with Crippen LogP contribution in [-0.4, -0.2) is 39.4 Å². The molecule has 0 saturated carbocycles. The minimum atomic E-state index is -0.479. The summed E-state index contributed by atoms with van der Waals surface area (Å²) in [5, 5.41) is 0.540. The smallest absolute Gasteiger partial charge is 0.343 e. The van der Waals surface area contributed by atoms with Gasteiger partial charge < -0.3 is 18.9 Å². The van der Waals surface area contributed by atoms with Gasteiger partial charge in [-0.25, -0.2) is 9.59 Å². The van der Waals surface area contributed by atoms with Gasteiger partial charge in [0.2, 0.25) is 0 Å². The molecule has 0 aliphatic carbocycles. The molecule has 6 nitrogen and oxygen atoms in total. The molecule has 2 aromatic rings. The monoisotopic (exact) mass is 378 g/mol. The minimum Gasteiger partial charge on any atom is -0.482 e. The molecule has 0 bridgehead atoms. The van der Waals surface area contributed by atoms with Crippen LogP contribution in [0.1, 0.15) is 11.1 Å². The number of benzene rings is 2. The second-order valence-corrected chi connectivity index (χ2v) is 5.70. The first kappa shape index (κ1) is 19.6. The lowest BCUT2D eigenvalue weighted by Crippen LogP contribution is -2.14. The zero-order valence-electron chi connectivity index (χ0n) is 14.5. The molecule has 0 aliphatic heterocycles. The Balaban J connectivity index is 2.20. The number of rotatable bonds is 8. The van der Waals surface area contributed by atoms with Gasteiger partial charge in [0.05, 0.1) is 14.2 Å². The van der Waals surface area contributed by atoms with Crippen LogP contribution in [0.3, 0.4) is 0 Å². The fourth-order valence-electron chi connectivity index (χ4n) is 2.21. The molecule has 2 aromatic carbocycles. The Morgan fingerprint density at radius 3 is 2.04 bits per heavy atom. The van der Waals surface area contributed by atoms with Crippen molar-refractivity contribution in [3.63, 3.8) is 0 Å². The molecule has 0 unspecified atom stereocenters. The summed E-state index contributed by atoms with van der Waals surface area (Å²) in [4.78, 5) is 22.6. The fourth-order valence-corrected chi connectivity index (χ4v) is 2.41. The van der Waals surface area contributed by atoms with Crippen molar-refractivity contribution < 1.29 is 28.5 Å². The Morgan fingerprint density at radius 2 is 1.42 bits per heavy atom. The molecule has 0 aliphatic rings. The van der Waals surface area contributed by atoms with E-state index in [0.29, 0.717) is 22.9 Å². The summed E-state index contributed by atoms with van der Waals surface area (Å²) in [7, 11) is 2.60. The molecule has 0 amide bonds. The lowest BCUT2D eigenvalue weighted by atomic mass is 10.0. The Labute approximate surface area is 156 Å². The highest BCUT2D eigenvalue weighted by Crippen LogP contribution is 2.29. The SMILES string of the molecule is COC(=O)COc1ccccc1Cc1cc(Cl)ccc1OCC(=O)OC. The fraction of sp³-hybridized carbons (Fsp3) is 0.263. The van der Waals surface area contributed by atoms with Gasteiger partial charge in [-0.05, 0) is 29.8 Å². The van der Waals surface area contributed by atoms with Crippen molar-refractivity contribution in [2.24, 2.45) is 0 Å². The molecule has 0 aromatic heterocycles. The maximum atomic E-state index is 11.3. The zero-order valence-corrected chi connectivity index (χ0v) is 15.2. The van der Waals surface area contributed by atoms with Crippen molar-refractivity contribution in [2.75, 3.05) is 27.4 Å². The van der Waals surface area contributed by atoms with Crippen LogP contribution in [0.25, 0.3) is 0 Å². The third kappa shape index (κ3) is 5.67. The molecule has 2 rings (SSSR count). The number of methoxy groups -OCH3 is 2. The van der Waals surface area contributed by atoms with Crippen LogP contribution in [0, 0.1) is 0 Å². The molecule has 26 heavy (non-hydrogen) atoms. The molecule has 0 radical (unpaired) electrons.